The molecule has 5 heteroatoms. The van der Waals surface area contributed by atoms with Crippen LogP contribution < -0.4 is 5.73 Å². The van der Waals surface area contributed by atoms with Crippen LogP contribution in [0.5, 0.6) is 0 Å². The molecule has 1 fully saturated rings. The molecule has 2 nitrogen and oxygen atoms in total. The second-order valence-corrected chi connectivity index (χ2v) is 4.28. The molecular formula is C9H17F3N2. The topological polar surface area (TPSA) is 29.3 Å². The average molecular weight is 210 g/mol. The number of hydrogen-bond donors (Lipinski definition) is 1. The van der Waals surface area contributed by atoms with E-state index in [1.807, 2.05) is 13.8 Å². The lowest BCUT2D eigenvalue weighted by Gasteiger charge is -2.39. The Balaban J connectivity index is 2.63. The van der Waals surface area contributed by atoms with Gasteiger partial charge in [-0.25, -0.2) is 0 Å². The molecule has 0 spiro atoms. The summed E-state index contributed by atoms with van der Waals surface area (Å²) in [4.78, 5) is 1.80. The number of halogens is 3. The van der Waals surface area contributed by atoms with Crippen LogP contribution >= 0.6 is 0 Å². The lowest BCUT2D eigenvalue weighted by molar-refractivity contribution is -0.189. The Morgan fingerprint density at radius 3 is 2.29 bits per heavy atom. The number of nitrogens with two attached hydrogens (primary N) is 1. The van der Waals surface area contributed by atoms with E-state index in [0.717, 1.165) is 0 Å². The van der Waals surface area contributed by atoms with Gasteiger partial charge in [0.1, 0.15) is 0 Å². The summed E-state index contributed by atoms with van der Waals surface area (Å²) in [5, 5.41) is 0. The molecule has 0 aromatic carbocycles. The fraction of sp³-hybridized carbons (Fsp3) is 1.00. The van der Waals surface area contributed by atoms with Gasteiger partial charge in [-0.3, -0.25) is 4.90 Å². The van der Waals surface area contributed by atoms with Crippen LogP contribution in [0, 0.1) is 5.92 Å². The molecule has 0 amide bonds. The van der Waals surface area contributed by atoms with Gasteiger partial charge >= 0.3 is 6.18 Å². The van der Waals surface area contributed by atoms with Gasteiger partial charge in [-0.2, -0.15) is 13.2 Å². The molecule has 14 heavy (non-hydrogen) atoms. The number of hydrogen-bond acceptors (Lipinski definition) is 2. The molecule has 0 aromatic heterocycles. The van der Waals surface area contributed by atoms with Gasteiger partial charge in [0.15, 0.2) is 0 Å². The first-order chi connectivity index (χ1) is 6.30. The van der Waals surface area contributed by atoms with E-state index in [1.165, 1.54) is 0 Å². The first-order valence-corrected chi connectivity index (χ1v) is 4.87. The van der Waals surface area contributed by atoms with Crippen molar-refractivity contribution in [2.24, 2.45) is 11.7 Å². The minimum Gasteiger partial charge on any atom is -0.327 e. The summed E-state index contributed by atoms with van der Waals surface area (Å²) in [6.07, 6.45) is -4.04. The summed E-state index contributed by atoms with van der Waals surface area (Å²) in [5.74, 6) is -1.26. The van der Waals surface area contributed by atoms with E-state index in [0.29, 0.717) is 6.54 Å². The average Bonchev–Trinajstić information content (AvgIpc) is 2.01. The lowest BCUT2D eigenvalue weighted by atomic mass is 9.93. The van der Waals surface area contributed by atoms with Crippen LogP contribution in [0.3, 0.4) is 0 Å². The molecule has 1 aliphatic rings. The van der Waals surface area contributed by atoms with E-state index in [2.05, 4.69) is 0 Å². The predicted octanol–water partition coefficient (Wildman–Crippen LogP) is 1.61. The third-order valence-corrected chi connectivity index (χ3v) is 2.70. The van der Waals surface area contributed by atoms with Crippen molar-refractivity contribution in [1.82, 2.24) is 4.90 Å². The monoisotopic (exact) mass is 210 g/mol. The zero-order chi connectivity index (χ0) is 10.9. The van der Waals surface area contributed by atoms with Crippen molar-refractivity contribution in [2.75, 3.05) is 13.1 Å². The van der Waals surface area contributed by atoms with Crippen molar-refractivity contribution in [3.05, 3.63) is 0 Å². The molecule has 0 aromatic rings. The number of nitrogens with zero attached hydrogens (tertiary/aromatic N) is 1. The first kappa shape index (κ1) is 11.8. The zero-order valence-corrected chi connectivity index (χ0v) is 8.51. The predicted molar refractivity (Wildman–Crippen MR) is 48.8 cm³/mol. The van der Waals surface area contributed by atoms with Crippen LogP contribution in [0.15, 0.2) is 0 Å². The lowest BCUT2D eigenvalue weighted by Crippen LogP contribution is -2.52. The summed E-state index contributed by atoms with van der Waals surface area (Å²) in [5.41, 5.74) is 5.61. The van der Waals surface area contributed by atoms with Crippen LogP contribution in [0.2, 0.25) is 0 Å². The molecular weight excluding hydrogens is 193 g/mol. The Morgan fingerprint density at radius 2 is 1.86 bits per heavy atom. The largest absolute Gasteiger partial charge is 0.393 e. The Kier molecular flexibility index (Phi) is 3.42. The quantitative estimate of drug-likeness (QED) is 0.712. The number of alkyl halides is 3. The minimum atomic E-state index is -4.11. The van der Waals surface area contributed by atoms with Crippen LogP contribution in [0.1, 0.15) is 20.3 Å². The van der Waals surface area contributed by atoms with Gasteiger partial charge in [0.2, 0.25) is 0 Å². The van der Waals surface area contributed by atoms with E-state index in [1.54, 1.807) is 4.90 Å². The Labute approximate surface area is 82.2 Å². The fourth-order valence-electron chi connectivity index (χ4n) is 1.83. The van der Waals surface area contributed by atoms with Gasteiger partial charge < -0.3 is 5.73 Å². The summed E-state index contributed by atoms with van der Waals surface area (Å²) < 4.78 is 37.4. The van der Waals surface area contributed by atoms with Crippen LogP contribution in [0.4, 0.5) is 13.2 Å². The van der Waals surface area contributed by atoms with Gasteiger partial charge in [0.25, 0.3) is 0 Å². The summed E-state index contributed by atoms with van der Waals surface area (Å²) in [6, 6.07) is -0.219. The Bertz CT molecular complexity index is 191. The van der Waals surface area contributed by atoms with Gasteiger partial charge in [-0.15, -0.1) is 0 Å². The van der Waals surface area contributed by atoms with Crippen LogP contribution in [-0.2, 0) is 0 Å². The van der Waals surface area contributed by atoms with Crippen LogP contribution in [0.25, 0.3) is 0 Å². The van der Waals surface area contributed by atoms with E-state index in [-0.39, 0.29) is 25.0 Å². The van der Waals surface area contributed by atoms with E-state index in [9.17, 15) is 13.2 Å². The molecule has 1 rings (SSSR count). The van der Waals surface area contributed by atoms with Crippen LogP contribution in [-0.4, -0.2) is 36.2 Å². The molecule has 84 valence electrons. The maximum Gasteiger partial charge on any atom is 0.393 e. The second-order valence-electron chi connectivity index (χ2n) is 4.28. The highest BCUT2D eigenvalue weighted by Gasteiger charge is 2.44. The molecule has 0 saturated carbocycles. The van der Waals surface area contributed by atoms with E-state index < -0.39 is 12.1 Å². The summed E-state index contributed by atoms with van der Waals surface area (Å²) in [6.45, 7) is 4.45. The smallest absolute Gasteiger partial charge is 0.327 e. The first-order valence-electron chi connectivity index (χ1n) is 4.87. The van der Waals surface area contributed by atoms with Gasteiger partial charge in [-0.05, 0) is 20.3 Å². The maximum absolute atomic E-state index is 12.5. The van der Waals surface area contributed by atoms with Crippen molar-refractivity contribution < 1.29 is 13.2 Å². The molecule has 2 N–H and O–H groups in total. The van der Waals surface area contributed by atoms with E-state index >= 15 is 0 Å². The van der Waals surface area contributed by atoms with Crippen molar-refractivity contribution >= 4 is 0 Å². The molecule has 1 heterocycles. The summed E-state index contributed by atoms with van der Waals surface area (Å²) in [7, 11) is 0. The van der Waals surface area contributed by atoms with Gasteiger partial charge in [-0.1, -0.05) is 0 Å². The molecule has 0 radical (unpaired) electrons. The SMILES string of the molecule is CC(C)N1CC(N)CC(C(F)(F)F)C1. The molecule has 1 saturated heterocycles. The van der Waals surface area contributed by atoms with Gasteiger partial charge in [0, 0.05) is 25.2 Å². The number of rotatable bonds is 1. The number of likely N-dealkylation sites (tertiary alicyclic amines) is 1. The fourth-order valence-corrected chi connectivity index (χ4v) is 1.83. The van der Waals surface area contributed by atoms with Gasteiger partial charge in [0.05, 0.1) is 5.92 Å². The Hall–Kier alpha value is -0.290. The molecule has 0 bridgehead atoms. The minimum absolute atomic E-state index is 0.0622. The molecule has 2 atom stereocenters. The highest BCUT2D eigenvalue weighted by atomic mass is 19.4. The molecule has 1 aliphatic heterocycles. The highest BCUT2D eigenvalue weighted by molar-refractivity contribution is 4.86. The second kappa shape index (κ2) is 4.06. The zero-order valence-electron chi connectivity index (χ0n) is 8.51. The van der Waals surface area contributed by atoms with Crippen molar-refractivity contribution in [3.8, 4) is 0 Å². The number of piperidine rings is 1. The van der Waals surface area contributed by atoms with E-state index in [4.69, 9.17) is 5.73 Å². The highest BCUT2D eigenvalue weighted by Crippen LogP contribution is 2.33. The third kappa shape index (κ3) is 2.85. The normalized spacial score (nSPS) is 31.1. The van der Waals surface area contributed by atoms with Crippen molar-refractivity contribution in [3.63, 3.8) is 0 Å². The Morgan fingerprint density at radius 1 is 1.29 bits per heavy atom. The maximum atomic E-state index is 12.5. The third-order valence-electron chi connectivity index (χ3n) is 2.70. The van der Waals surface area contributed by atoms with Crippen molar-refractivity contribution in [1.29, 1.82) is 0 Å². The van der Waals surface area contributed by atoms with Crippen molar-refractivity contribution in [2.45, 2.75) is 38.5 Å². The molecule has 2 unspecified atom stereocenters. The standard InChI is InChI=1S/C9H17F3N2/c1-6(2)14-4-7(9(10,11)12)3-8(13)5-14/h6-8H,3-5,13H2,1-2H3. The molecule has 0 aliphatic carbocycles. The summed E-state index contributed by atoms with van der Waals surface area (Å²) >= 11 is 0.